The van der Waals surface area contributed by atoms with Crippen LogP contribution in [0.2, 0.25) is 0 Å². The molecule has 5 N–H and O–H groups in total. The number of aliphatic hydroxyl groups is 1. The lowest BCUT2D eigenvalue weighted by Gasteiger charge is -2.31. The van der Waals surface area contributed by atoms with Gasteiger partial charge in [-0.2, -0.15) is 4.98 Å². The van der Waals surface area contributed by atoms with Gasteiger partial charge in [0, 0.05) is 11.4 Å². The van der Waals surface area contributed by atoms with E-state index < -0.39 is 0 Å². The number of hydrogen-bond acceptors (Lipinski definition) is 7. The molecule has 2 heterocycles. The van der Waals surface area contributed by atoms with Gasteiger partial charge in [0.15, 0.2) is 0 Å². The fourth-order valence-corrected chi connectivity index (χ4v) is 3.42. The number of thiophene rings is 1. The molecule has 7 heteroatoms. The molecule has 108 valence electrons. The Bertz CT molecular complexity index is 608. The molecule has 2 aromatic heterocycles. The van der Waals surface area contributed by atoms with Crippen LogP contribution in [0.3, 0.4) is 0 Å². The molecule has 6 nitrogen and oxygen atoms in total. The van der Waals surface area contributed by atoms with Gasteiger partial charge in [-0.1, -0.05) is 6.92 Å². The second-order valence-electron chi connectivity index (χ2n) is 5.20. The Kier molecular flexibility index (Phi) is 3.73. The maximum atomic E-state index is 9.33. The van der Waals surface area contributed by atoms with Crippen LogP contribution in [0.1, 0.15) is 24.6 Å². The highest BCUT2D eigenvalue weighted by Crippen LogP contribution is 2.32. The van der Waals surface area contributed by atoms with E-state index in [0.29, 0.717) is 11.9 Å². The molecule has 0 atom stereocenters. The predicted molar refractivity (Wildman–Crippen MR) is 81.8 cm³/mol. The van der Waals surface area contributed by atoms with Gasteiger partial charge in [-0.25, -0.2) is 10.8 Å². The fourth-order valence-electron chi connectivity index (χ4n) is 2.45. The van der Waals surface area contributed by atoms with Crippen LogP contribution in [-0.4, -0.2) is 27.7 Å². The molecule has 1 aliphatic carbocycles. The number of fused-ring (bicyclic) bond motifs is 1. The fraction of sp³-hybridized carbons (Fsp3) is 0.538. The zero-order valence-corrected chi connectivity index (χ0v) is 12.2. The van der Waals surface area contributed by atoms with Crippen molar-refractivity contribution in [1.82, 2.24) is 9.97 Å². The molecule has 3 rings (SSSR count). The van der Waals surface area contributed by atoms with Gasteiger partial charge in [-0.05, 0) is 31.2 Å². The van der Waals surface area contributed by atoms with E-state index in [-0.39, 0.29) is 6.10 Å². The number of anilines is 2. The molecule has 0 aromatic carbocycles. The summed E-state index contributed by atoms with van der Waals surface area (Å²) in [4.78, 5) is 11.0. The predicted octanol–water partition coefficient (Wildman–Crippen LogP) is 1.72. The van der Waals surface area contributed by atoms with Crippen molar-refractivity contribution in [2.24, 2.45) is 11.8 Å². The molecule has 0 spiro atoms. The molecule has 0 aliphatic heterocycles. The largest absolute Gasteiger partial charge is 0.393 e. The van der Waals surface area contributed by atoms with Gasteiger partial charge in [0.1, 0.15) is 10.6 Å². The van der Waals surface area contributed by atoms with Crippen molar-refractivity contribution in [2.75, 3.05) is 17.3 Å². The number of aliphatic hydroxyl groups excluding tert-OH is 1. The average Bonchev–Trinajstić information content (AvgIpc) is 2.84. The smallest absolute Gasteiger partial charge is 0.240 e. The lowest BCUT2D eigenvalue weighted by atomic mass is 9.82. The van der Waals surface area contributed by atoms with Crippen molar-refractivity contribution in [3.05, 3.63) is 10.9 Å². The van der Waals surface area contributed by atoms with Gasteiger partial charge in [-0.3, -0.25) is 5.43 Å². The first-order valence-electron chi connectivity index (χ1n) is 6.88. The summed E-state index contributed by atoms with van der Waals surface area (Å²) in [5.74, 6) is 7.20. The van der Waals surface area contributed by atoms with Crippen LogP contribution in [0.4, 0.5) is 11.8 Å². The van der Waals surface area contributed by atoms with E-state index in [0.717, 1.165) is 41.8 Å². The van der Waals surface area contributed by atoms with Crippen LogP contribution < -0.4 is 16.6 Å². The van der Waals surface area contributed by atoms with Crippen molar-refractivity contribution in [3.63, 3.8) is 0 Å². The summed E-state index contributed by atoms with van der Waals surface area (Å²) >= 11 is 1.67. The third-order valence-corrected chi connectivity index (χ3v) is 4.86. The van der Waals surface area contributed by atoms with E-state index in [2.05, 4.69) is 33.7 Å². The van der Waals surface area contributed by atoms with Gasteiger partial charge in [-0.15, -0.1) is 11.3 Å². The topological polar surface area (TPSA) is 96.1 Å². The first-order chi connectivity index (χ1) is 9.69. The van der Waals surface area contributed by atoms with Gasteiger partial charge in [0.25, 0.3) is 0 Å². The quantitative estimate of drug-likeness (QED) is 0.495. The number of aromatic nitrogens is 2. The van der Waals surface area contributed by atoms with Crippen LogP contribution in [-0.2, 0) is 6.42 Å². The SMILES string of the molecule is CCc1cc2c(NCC3CC(O)C3)nc(NN)nc2s1. The number of hydrazine groups is 1. The first kappa shape index (κ1) is 13.5. The molecule has 0 bridgehead atoms. The van der Waals surface area contributed by atoms with E-state index in [1.54, 1.807) is 11.3 Å². The molecular weight excluding hydrogens is 274 g/mol. The van der Waals surface area contributed by atoms with Crippen molar-refractivity contribution >= 4 is 33.3 Å². The van der Waals surface area contributed by atoms with E-state index >= 15 is 0 Å². The Morgan fingerprint density at radius 3 is 2.90 bits per heavy atom. The van der Waals surface area contributed by atoms with Gasteiger partial charge < -0.3 is 10.4 Å². The second kappa shape index (κ2) is 5.51. The van der Waals surface area contributed by atoms with Crippen LogP contribution in [0.25, 0.3) is 10.2 Å². The van der Waals surface area contributed by atoms with Crippen LogP contribution in [0.5, 0.6) is 0 Å². The zero-order valence-electron chi connectivity index (χ0n) is 11.4. The Labute approximate surface area is 121 Å². The Balaban J connectivity index is 1.84. The highest BCUT2D eigenvalue weighted by molar-refractivity contribution is 7.18. The molecule has 2 aromatic rings. The van der Waals surface area contributed by atoms with E-state index in [1.807, 2.05) is 0 Å². The molecule has 0 radical (unpaired) electrons. The lowest BCUT2D eigenvalue weighted by molar-refractivity contribution is 0.0486. The van der Waals surface area contributed by atoms with Crippen LogP contribution in [0.15, 0.2) is 6.07 Å². The van der Waals surface area contributed by atoms with Crippen molar-refractivity contribution < 1.29 is 5.11 Å². The van der Waals surface area contributed by atoms with Crippen molar-refractivity contribution in [3.8, 4) is 0 Å². The summed E-state index contributed by atoms with van der Waals surface area (Å²) < 4.78 is 0. The van der Waals surface area contributed by atoms with E-state index in [1.165, 1.54) is 4.88 Å². The standard InChI is InChI=1S/C13H19N5OS/c1-2-9-5-10-11(15-6-7-3-8(19)4-7)16-13(18-14)17-12(10)20-9/h5,7-8,19H,2-4,6,14H2,1H3,(H2,15,16,17,18). The van der Waals surface area contributed by atoms with E-state index in [4.69, 9.17) is 5.84 Å². The average molecular weight is 293 g/mol. The van der Waals surface area contributed by atoms with Crippen LogP contribution >= 0.6 is 11.3 Å². The molecule has 1 fully saturated rings. The first-order valence-corrected chi connectivity index (χ1v) is 7.70. The Hall–Kier alpha value is -1.44. The minimum Gasteiger partial charge on any atom is -0.393 e. The third-order valence-electron chi connectivity index (χ3n) is 3.69. The minimum absolute atomic E-state index is 0.124. The number of nitrogens with zero attached hydrogens (tertiary/aromatic N) is 2. The maximum Gasteiger partial charge on any atom is 0.240 e. The highest BCUT2D eigenvalue weighted by Gasteiger charge is 2.27. The zero-order chi connectivity index (χ0) is 14.1. The Morgan fingerprint density at radius 1 is 1.45 bits per heavy atom. The van der Waals surface area contributed by atoms with Crippen molar-refractivity contribution in [2.45, 2.75) is 32.3 Å². The van der Waals surface area contributed by atoms with E-state index in [9.17, 15) is 5.11 Å². The molecule has 0 amide bonds. The molecule has 0 saturated heterocycles. The third kappa shape index (κ3) is 2.56. The molecule has 1 saturated carbocycles. The summed E-state index contributed by atoms with van der Waals surface area (Å²) in [6.45, 7) is 2.95. The van der Waals surface area contributed by atoms with Crippen molar-refractivity contribution in [1.29, 1.82) is 0 Å². The number of nitrogens with one attached hydrogen (secondary N) is 2. The summed E-state index contributed by atoms with van der Waals surface area (Å²) in [6, 6.07) is 2.14. The lowest BCUT2D eigenvalue weighted by Crippen LogP contribution is -2.33. The molecule has 0 unspecified atom stereocenters. The van der Waals surface area contributed by atoms with Gasteiger partial charge >= 0.3 is 0 Å². The number of nitrogen functional groups attached to an aromatic ring is 1. The number of aryl methyl sites for hydroxylation is 1. The normalized spacial score (nSPS) is 21.8. The number of nitrogens with two attached hydrogens (primary N) is 1. The van der Waals surface area contributed by atoms with Gasteiger partial charge in [0.2, 0.25) is 5.95 Å². The summed E-state index contributed by atoms with van der Waals surface area (Å²) in [5.41, 5.74) is 2.51. The molecule has 1 aliphatic rings. The number of hydrogen-bond donors (Lipinski definition) is 4. The monoisotopic (exact) mass is 293 g/mol. The number of rotatable bonds is 5. The van der Waals surface area contributed by atoms with Crippen LogP contribution in [0, 0.1) is 5.92 Å². The minimum atomic E-state index is -0.124. The summed E-state index contributed by atoms with van der Waals surface area (Å²) in [5, 5.41) is 13.7. The Morgan fingerprint density at radius 2 is 2.25 bits per heavy atom. The highest BCUT2D eigenvalue weighted by atomic mass is 32.1. The molecular formula is C13H19N5OS. The summed E-state index contributed by atoms with van der Waals surface area (Å²) in [6.07, 6.45) is 2.60. The summed E-state index contributed by atoms with van der Waals surface area (Å²) in [7, 11) is 0. The van der Waals surface area contributed by atoms with Gasteiger partial charge in [0.05, 0.1) is 11.5 Å². The molecule has 20 heavy (non-hydrogen) atoms. The maximum absolute atomic E-state index is 9.33. The second-order valence-corrected chi connectivity index (χ2v) is 6.31.